The van der Waals surface area contributed by atoms with Gasteiger partial charge in [-0.25, -0.2) is 4.99 Å². The van der Waals surface area contributed by atoms with Gasteiger partial charge in [-0.15, -0.1) is 0 Å². The fourth-order valence-corrected chi connectivity index (χ4v) is 1.58. The Morgan fingerprint density at radius 2 is 2.06 bits per heavy atom. The molecule has 1 atom stereocenters. The number of anilines is 1. The zero-order valence-electron chi connectivity index (χ0n) is 9.10. The summed E-state index contributed by atoms with van der Waals surface area (Å²) in [7, 11) is 0. The van der Waals surface area contributed by atoms with E-state index >= 15 is 0 Å². The van der Waals surface area contributed by atoms with Crippen molar-refractivity contribution in [3.05, 3.63) is 47.8 Å². The zero-order valence-corrected chi connectivity index (χ0v) is 9.10. The van der Waals surface area contributed by atoms with Crippen LogP contribution < -0.4 is 10.8 Å². The molecule has 0 spiro atoms. The van der Waals surface area contributed by atoms with E-state index in [0.29, 0.717) is 6.42 Å². The number of rotatable bonds is 2. The number of nitrogens with zero attached hydrogens (tertiary/aromatic N) is 1. The Bertz CT molecular complexity index is 414. The molecule has 0 aliphatic carbocycles. The van der Waals surface area contributed by atoms with Gasteiger partial charge in [0.25, 0.3) is 0 Å². The molecule has 1 aliphatic rings. The minimum Gasteiger partial charge on any atom is -0.787 e. The summed E-state index contributed by atoms with van der Waals surface area (Å²) in [5.74, 6) is 0.791. The van der Waals surface area contributed by atoms with Crippen LogP contribution in [0.25, 0.3) is 0 Å². The summed E-state index contributed by atoms with van der Waals surface area (Å²) in [5, 5.41) is 14.0. The lowest BCUT2D eigenvalue weighted by Gasteiger charge is -2.33. The second-order valence-corrected chi connectivity index (χ2v) is 4.08. The van der Waals surface area contributed by atoms with E-state index in [1.165, 1.54) is 0 Å². The minimum absolute atomic E-state index is 0.557. The fourth-order valence-electron chi connectivity index (χ4n) is 1.58. The molecule has 0 fully saturated rings. The molecule has 2 rings (SSSR count). The van der Waals surface area contributed by atoms with Crippen molar-refractivity contribution in [3.8, 4) is 0 Å². The van der Waals surface area contributed by atoms with E-state index in [4.69, 9.17) is 0 Å². The third kappa shape index (κ3) is 2.48. The van der Waals surface area contributed by atoms with Gasteiger partial charge in [0.05, 0.1) is 0 Å². The van der Waals surface area contributed by atoms with Crippen LogP contribution in [-0.2, 0) is 0 Å². The Balaban J connectivity index is 2.07. The Hall–Kier alpha value is -1.65. The van der Waals surface area contributed by atoms with Crippen LogP contribution in [-0.4, -0.2) is 11.4 Å². The largest absolute Gasteiger partial charge is 0.787 e. The Morgan fingerprint density at radius 1 is 1.31 bits per heavy atom. The molecule has 84 valence electrons. The highest BCUT2D eigenvalue weighted by Gasteiger charge is 2.21. The lowest BCUT2D eigenvalue weighted by molar-refractivity contribution is 0.515. The van der Waals surface area contributed by atoms with E-state index in [2.05, 4.69) is 10.3 Å². The van der Waals surface area contributed by atoms with Crippen molar-refractivity contribution in [2.75, 3.05) is 5.32 Å². The summed E-state index contributed by atoms with van der Waals surface area (Å²) >= 11 is 0. The minimum atomic E-state index is -0.557. The van der Waals surface area contributed by atoms with Crippen molar-refractivity contribution < 1.29 is 0 Å². The van der Waals surface area contributed by atoms with E-state index < -0.39 is 5.54 Å². The topological polar surface area (TPSA) is 59.5 Å². The SMILES string of the molecule is CC1(N[O-])C=CN=C(Nc2ccccc2)C1. The first-order valence-corrected chi connectivity index (χ1v) is 5.18. The van der Waals surface area contributed by atoms with Crippen molar-refractivity contribution in [1.82, 2.24) is 5.48 Å². The molecule has 0 aromatic heterocycles. The first-order valence-electron chi connectivity index (χ1n) is 5.18. The fraction of sp³-hybridized carbons (Fsp3) is 0.250. The van der Waals surface area contributed by atoms with Crippen molar-refractivity contribution >= 4 is 11.5 Å². The second-order valence-electron chi connectivity index (χ2n) is 4.08. The molecule has 4 nitrogen and oxygen atoms in total. The molecule has 0 bridgehead atoms. The second kappa shape index (κ2) is 4.47. The van der Waals surface area contributed by atoms with Crippen LogP contribution in [0.2, 0.25) is 0 Å². The van der Waals surface area contributed by atoms with Crippen molar-refractivity contribution in [2.24, 2.45) is 4.99 Å². The maximum Gasteiger partial charge on any atom is 0.108 e. The van der Waals surface area contributed by atoms with Gasteiger partial charge in [-0.2, -0.15) is 0 Å². The molecule has 0 amide bonds. The van der Waals surface area contributed by atoms with Crippen LogP contribution in [0.5, 0.6) is 0 Å². The Labute approximate surface area is 94.7 Å². The summed E-state index contributed by atoms with van der Waals surface area (Å²) < 4.78 is 0. The molecule has 1 aromatic rings. The summed E-state index contributed by atoms with van der Waals surface area (Å²) in [6.07, 6.45) is 3.98. The molecular weight excluding hydrogens is 202 g/mol. The molecule has 1 heterocycles. The standard InChI is InChI=1S/C12H14N3O/c1-12(15-16)7-8-13-11(9-12)14-10-5-3-2-4-6-10/h2-8,15H,9H2,1H3,(H,13,14)/q-1. The van der Waals surface area contributed by atoms with Crippen LogP contribution >= 0.6 is 0 Å². The number of hydrogen-bond acceptors (Lipinski definition) is 4. The number of amidine groups is 1. The maximum absolute atomic E-state index is 10.8. The van der Waals surface area contributed by atoms with Crippen LogP contribution in [0.4, 0.5) is 5.69 Å². The number of hydroxylamine groups is 1. The third-order valence-electron chi connectivity index (χ3n) is 2.50. The monoisotopic (exact) mass is 216 g/mol. The molecule has 0 radical (unpaired) electrons. The van der Waals surface area contributed by atoms with Gasteiger partial charge in [-0.05, 0) is 25.1 Å². The number of hydrogen-bond donors (Lipinski definition) is 2. The van der Waals surface area contributed by atoms with Crippen molar-refractivity contribution in [2.45, 2.75) is 18.9 Å². The molecule has 4 heteroatoms. The summed E-state index contributed by atoms with van der Waals surface area (Å²) in [6.45, 7) is 1.85. The quantitative estimate of drug-likeness (QED) is 0.745. The van der Waals surface area contributed by atoms with Gasteiger partial charge >= 0.3 is 0 Å². The number of benzene rings is 1. The predicted molar refractivity (Wildman–Crippen MR) is 66.2 cm³/mol. The molecule has 1 aliphatic heterocycles. The van der Waals surface area contributed by atoms with Gasteiger partial charge in [0, 0.05) is 23.8 Å². The van der Waals surface area contributed by atoms with Crippen LogP contribution in [0.15, 0.2) is 47.6 Å². The van der Waals surface area contributed by atoms with Gasteiger partial charge in [0.1, 0.15) is 5.84 Å². The zero-order chi connectivity index (χ0) is 11.4. The highest BCUT2D eigenvalue weighted by Crippen LogP contribution is 2.18. The highest BCUT2D eigenvalue weighted by atomic mass is 16.5. The molecule has 16 heavy (non-hydrogen) atoms. The number of aliphatic imine (C=N–C) groups is 1. The van der Waals surface area contributed by atoms with Gasteiger partial charge in [0.15, 0.2) is 0 Å². The van der Waals surface area contributed by atoms with Gasteiger partial charge < -0.3 is 16.0 Å². The van der Waals surface area contributed by atoms with Crippen LogP contribution in [0.3, 0.4) is 0 Å². The van der Waals surface area contributed by atoms with Crippen molar-refractivity contribution in [1.29, 1.82) is 0 Å². The average Bonchev–Trinajstić information content (AvgIpc) is 2.30. The molecular formula is C12H14N3O-. The lowest BCUT2D eigenvalue weighted by Crippen LogP contribution is -2.41. The smallest absolute Gasteiger partial charge is 0.108 e. The number of para-hydroxylation sites is 1. The van der Waals surface area contributed by atoms with E-state index in [-0.39, 0.29) is 0 Å². The summed E-state index contributed by atoms with van der Waals surface area (Å²) in [4.78, 5) is 4.21. The average molecular weight is 216 g/mol. The molecule has 1 unspecified atom stereocenters. The maximum atomic E-state index is 10.8. The normalized spacial score (nSPS) is 24.0. The lowest BCUT2D eigenvalue weighted by atomic mass is 9.96. The molecule has 0 saturated carbocycles. The molecule has 1 aromatic carbocycles. The Morgan fingerprint density at radius 3 is 2.75 bits per heavy atom. The highest BCUT2D eigenvalue weighted by molar-refractivity contribution is 5.97. The molecule has 2 N–H and O–H groups in total. The van der Waals surface area contributed by atoms with Gasteiger partial charge in [0.2, 0.25) is 0 Å². The predicted octanol–water partition coefficient (Wildman–Crippen LogP) is 2.26. The van der Waals surface area contributed by atoms with E-state index in [0.717, 1.165) is 11.5 Å². The molecule has 0 saturated heterocycles. The summed E-state index contributed by atoms with van der Waals surface area (Å²) in [6, 6.07) is 9.78. The Kier molecular flexibility index (Phi) is 3.03. The number of nitrogens with one attached hydrogen (secondary N) is 2. The van der Waals surface area contributed by atoms with Crippen LogP contribution in [0.1, 0.15) is 13.3 Å². The first kappa shape index (κ1) is 10.9. The van der Waals surface area contributed by atoms with Gasteiger partial charge in [-0.1, -0.05) is 18.2 Å². The first-order chi connectivity index (χ1) is 7.72. The summed E-state index contributed by atoms with van der Waals surface area (Å²) in [5.41, 5.74) is 2.46. The third-order valence-corrected chi connectivity index (χ3v) is 2.50. The van der Waals surface area contributed by atoms with Crippen molar-refractivity contribution in [3.63, 3.8) is 0 Å². The van der Waals surface area contributed by atoms with Gasteiger partial charge in [-0.3, -0.25) is 0 Å². The van der Waals surface area contributed by atoms with E-state index in [9.17, 15) is 5.21 Å². The van der Waals surface area contributed by atoms with E-state index in [1.807, 2.05) is 42.7 Å². The van der Waals surface area contributed by atoms with Crippen LogP contribution in [0, 0.1) is 5.21 Å². The van der Waals surface area contributed by atoms with E-state index in [1.54, 1.807) is 12.3 Å².